The van der Waals surface area contributed by atoms with Crippen LogP contribution in [0.15, 0.2) is 0 Å². The summed E-state index contributed by atoms with van der Waals surface area (Å²) in [6, 6.07) is 0. The van der Waals surface area contributed by atoms with Crippen LogP contribution in [0.3, 0.4) is 0 Å². The lowest BCUT2D eigenvalue weighted by atomic mass is 10.1. The molecule has 1 saturated heterocycles. The highest BCUT2D eigenvalue weighted by Crippen LogP contribution is 2.12. The predicted octanol–water partition coefficient (Wildman–Crippen LogP) is 0.233. The summed E-state index contributed by atoms with van der Waals surface area (Å²) in [4.78, 5) is 10.8. The van der Waals surface area contributed by atoms with Gasteiger partial charge < -0.3 is 9.47 Å². The molecule has 14 heavy (non-hydrogen) atoms. The first kappa shape index (κ1) is 11.5. The first-order valence-corrected chi connectivity index (χ1v) is 6.25. The molecule has 1 amide bonds. The molecule has 1 heterocycles. The second-order valence-electron chi connectivity index (χ2n) is 2.87. The van der Waals surface area contributed by atoms with Gasteiger partial charge in [0.2, 0.25) is 0 Å². The molecule has 6 nitrogen and oxygen atoms in total. The van der Waals surface area contributed by atoms with Crippen molar-refractivity contribution < 1.29 is 22.7 Å². The van der Waals surface area contributed by atoms with Crippen molar-refractivity contribution in [2.24, 2.45) is 5.92 Å². The molecule has 0 aromatic rings. The number of ether oxygens (including phenoxy) is 2. The molecular formula is C6H10ClNO5S. The molecule has 0 bridgehead atoms. The minimum atomic E-state index is -4.05. The third kappa shape index (κ3) is 4.64. The van der Waals surface area contributed by atoms with Crippen molar-refractivity contribution in [2.45, 2.75) is 6.42 Å². The number of nitrogens with one attached hydrogen (secondary N) is 1. The highest BCUT2D eigenvalue weighted by Gasteiger charge is 2.19. The van der Waals surface area contributed by atoms with E-state index in [-0.39, 0.29) is 12.5 Å². The van der Waals surface area contributed by atoms with Gasteiger partial charge in [0.1, 0.15) is 0 Å². The van der Waals surface area contributed by atoms with Crippen molar-refractivity contribution in [1.29, 1.82) is 0 Å². The van der Waals surface area contributed by atoms with E-state index in [1.807, 2.05) is 0 Å². The molecule has 0 saturated carbocycles. The lowest BCUT2D eigenvalue weighted by molar-refractivity contribution is 0.121. The summed E-state index contributed by atoms with van der Waals surface area (Å²) in [5.74, 6) is 0.138. The lowest BCUT2D eigenvalue weighted by Crippen LogP contribution is -2.29. The second kappa shape index (κ2) is 4.81. The van der Waals surface area contributed by atoms with E-state index >= 15 is 0 Å². The maximum atomic E-state index is 10.8. The summed E-state index contributed by atoms with van der Waals surface area (Å²) in [6.45, 7) is 1.31. The minimum Gasteiger partial charge on any atom is -0.448 e. The van der Waals surface area contributed by atoms with Gasteiger partial charge >= 0.3 is 15.3 Å². The van der Waals surface area contributed by atoms with Gasteiger partial charge in [-0.3, -0.25) is 0 Å². The Hall–Kier alpha value is -0.530. The Bertz CT molecular complexity index is 297. The van der Waals surface area contributed by atoms with Crippen LogP contribution in [0.1, 0.15) is 6.42 Å². The third-order valence-corrected chi connectivity index (χ3v) is 2.32. The number of carbonyl (C=O) groups excluding carboxylic acids is 1. The number of hydrogen-bond acceptors (Lipinski definition) is 5. The molecule has 0 aromatic carbocycles. The highest BCUT2D eigenvalue weighted by atomic mass is 35.7. The maximum absolute atomic E-state index is 10.8. The Morgan fingerprint density at radius 2 is 2.36 bits per heavy atom. The van der Waals surface area contributed by atoms with Gasteiger partial charge in [-0.05, 0) is 6.42 Å². The van der Waals surface area contributed by atoms with Crippen LogP contribution in [0.5, 0.6) is 0 Å². The van der Waals surface area contributed by atoms with Crippen LogP contribution in [0.2, 0.25) is 0 Å². The SMILES string of the molecule is O=C(NS(=O)(=O)Cl)OCC1CCOC1. The molecule has 0 spiro atoms. The summed E-state index contributed by atoms with van der Waals surface area (Å²) < 4.78 is 31.9. The van der Waals surface area contributed by atoms with Crippen LogP contribution < -0.4 is 4.72 Å². The van der Waals surface area contributed by atoms with E-state index in [2.05, 4.69) is 4.74 Å². The number of halogens is 1. The fourth-order valence-corrected chi connectivity index (χ4v) is 1.48. The summed E-state index contributed by atoms with van der Waals surface area (Å²) in [6.07, 6.45) is -0.257. The van der Waals surface area contributed by atoms with Gasteiger partial charge in [-0.25, -0.2) is 9.52 Å². The van der Waals surface area contributed by atoms with E-state index in [0.29, 0.717) is 13.2 Å². The van der Waals surface area contributed by atoms with Gasteiger partial charge in [0.25, 0.3) is 0 Å². The van der Waals surface area contributed by atoms with Gasteiger partial charge in [0, 0.05) is 23.2 Å². The van der Waals surface area contributed by atoms with E-state index < -0.39 is 15.3 Å². The van der Waals surface area contributed by atoms with Gasteiger partial charge in [-0.2, -0.15) is 8.42 Å². The third-order valence-electron chi connectivity index (χ3n) is 1.68. The van der Waals surface area contributed by atoms with Crippen LogP contribution in [-0.4, -0.2) is 34.3 Å². The number of rotatable bonds is 3. The largest absolute Gasteiger partial charge is 0.448 e. The molecule has 1 N–H and O–H groups in total. The average Bonchev–Trinajstić information content (AvgIpc) is 2.49. The zero-order valence-corrected chi connectivity index (χ0v) is 8.81. The van der Waals surface area contributed by atoms with Crippen LogP contribution in [-0.2, 0) is 18.7 Å². The number of amides is 1. The van der Waals surface area contributed by atoms with Crippen LogP contribution >= 0.6 is 10.7 Å². The Morgan fingerprint density at radius 1 is 1.64 bits per heavy atom. The molecule has 1 atom stereocenters. The second-order valence-corrected chi connectivity index (χ2v) is 5.17. The average molecular weight is 244 g/mol. The first-order chi connectivity index (χ1) is 6.47. The Balaban J connectivity index is 2.21. The molecule has 0 radical (unpaired) electrons. The van der Waals surface area contributed by atoms with Gasteiger partial charge in [-0.1, -0.05) is 0 Å². The molecule has 1 rings (SSSR count). The maximum Gasteiger partial charge on any atom is 0.421 e. The van der Waals surface area contributed by atoms with Gasteiger partial charge in [0.05, 0.1) is 13.2 Å². The van der Waals surface area contributed by atoms with Crippen molar-refractivity contribution in [2.75, 3.05) is 19.8 Å². The van der Waals surface area contributed by atoms with Crippen LogP contribution in [0.25, 0.3) is 0 Å². The van der Waals surface area contributed by atoms with E-state index in [1.54, 1.807) is 0 Å². The highest BCUT2D eigenvalue weighted by molar-refractivity contribution is 8.12. The number of carbonyl (C=O) groups is 1. The molecule has 1 unspecified atom stereocenters. The van der Waals surface area contributed by atoms with Crippen LogP contribution in [0, 0.1) is 5.92 Å². The van der Waals surface area contributed by atoms with Crippen LogP contribution in [0.4, 0.5) is 4.79 Å². The quantitative estimate of drug-likeness (QED) is 0.718. The fourth-order valence-electron chi connectivity index (χ4n) is 1.04. The summed E-state index contributed by atoms with van der Waals surface area (Å²) in [5.41, 5.74) is 0. The Morgan fingerprint density at radius 3 is 2.86 bits per heavy atom. The molecule has 1 fully saturated rings. The zero-order valence-electron chi connectivity index (χ0n) is 7.23. The predicted molar refractivity (Wildman–Crippen MR) is 48.2 cm³/mol. The van der Waals surface area contributed by atoms with E-state index in [1.165, 1.54) is 4.72 Å². The minimum absolute atomic E-state index is 0.137. The first-order valence-electron chi connectivity index (χ1n) is 3.94. The van der Waals surface area contributed by atoms with Gasteiger partial charge in [-0.15, -0.1) is 0 Å². The molecule has 1 aliphatic heterocycles. The summed E-state index contributed by atoms with van der Waals surface area (Å²) in [7, 11) is 0.706. The Labute approximate surface area is 86.1 Å². The topological polar surface area (TPSA) is 81.7 Å². The summed E-state index contributed by atoms with van der Waals surface area (Å²) >= 11 is 0. The lowest BCUT2D eigenvalue weighted by Gasteiger charge is -2.08. The van der Waals surface area contributed by atoms with Gasteiger partial charge in [0.15, 0.2) is 0 Å². The van der Waals surface area contributed by atoms with Crippen molar-refractivity contribution in [3.63, 3.8) is 0 Å². The molecular weight excluding hydrogens is 234 g/mol. The fraction of sp³-hybridized carbons (Fsp3) is 0.833. The normalized spacial score (nSPS) is 21.9. The van der Waals surface area contributed by atoms with E-state index in [9.17, 15) is 13.2 Å². The van der Waals surface area contributed by atoms with Crippen molar-refractivity contribution >= 4 is 26.0 Å². The van der Waals surface area contributed by atoms with E-state index in [4.69, 9.17) is 15.4 Å². The Kier molecular flexibility index (Phi) is 3.97. The molecule has 1 aliphatic rings. The van der Waals surface area contributed by atoms with Crippen molar-refractivity contribution in [3.8, 4) is 0 Å². The molecule has 8 heteroatoms. The van der Waals surface area contributed by atoms with E-state index in [0.717, 1.165) is 6.42 Å². The summed E-state index contributed by atoms with van der Waals surface area (Å²) in [5, 5.41) is 0. The molecule has 0 aliphatic carbocycles. The monoisotopic (exact) mass is 243 g/mol. The smallest absolute Gasteiger partial charge is 0.421 e. The standard InChI is InChI=1S/C6H10ClNO5S/c7-14(10,11)8-6(9)13-4-5-1-2-12-3-5/h5H,1-4H2,(H,8,9). The zero-order chi connectivity index (χ0) is 10.6. The van der Waals surface area contributed by atoms with Crippen molar-refractivity contribution in [1.82, 2.24) is 4.72 Å². The molecule has 82 valence electrons. The molecule has 0 aromatic heterocycles. The van der Waals surface area contributed by atoms with Crippen molar-refractivity contribution in [3.05, 3.63) is 0 Å². The number of hydrogen-bond donors (Lipinski definition) is 1.